The molecule has 0 saturated carbocycles. The Morgan fingerprint density at radius 2 is 2.33 bits per heavy atom. The Hall–Kier alpha value is 0.0569. The van der Waals surface area contributed by atoms with Gasteiger partial charge in [0.15, 0.2) is 6.29 Å². The van der Waals surface area contributed by atoms with Crippen LogP contribution in [-0.2, 0) is 13.3 Å². The Kier molecular flexibility index (Phi) is 1.01. The molecule has 9 heavy (non-hydrogen) atoms. The van der Waals surface area contributed by atoms with Crippen molar-refractivity contribution in [3.8, 4) is 0 Å². The maximum atomic E-state index is 8.99. The number of hydrogen-bond donors (Lipinski definition) is 1. The fraction of sp³-hybridized carbons (Fsp3) is 1.00. The van der Waals surface area contributed by atoms with Crippen molar-refractivity contribution >= 4 is 8.80 Å². The highest BCUT2D eigenvalue weighted by Crippen LogP contribution is 2.31. The lowest BCUT2D eigenvalue weighted by Crippen LogP contribution is -2.38. The lowest BCUT2D eigenvalue weighted by Gasteiger charge is -2.17. The third kappa shape index (κ3) is 0.735. The van der Waals surface area contributed by atoms with Gasteiger partial charge in [0.25, 0.3) is 0 Å². The summed E-state index contributed by atoms with van der Waals surface area (Å²) in [6.07, 6.45) is -0.961. The standard InChI is InChI=1S/C4H8O4Si/c1-9-6-2-3(7-9)4(5)8-9/h3-5H,2H2,1H3. The van der Waals surface area contributed by atoms with E-state index in [0.29, 0.717) is 6.61 Å². The maximum Gasteiger partial charge on any atom is 0.500 e. The molecule has 0 aliphatic carbocycles. The van der Waals surface area contributed by atoms with E-state index in [-0.39, 0.29) is 6.10 Å². The summed E-state index contributed by atoms with van der Waals surface area (Å²) in [5, 5.41) is 8.99. The van der Waals surface area contributed by atoms with Gasteiger partial charge in [-0.15, -0.1) is 0 Å². The van der Waals surface area contributed by atoms with Gasteiger partial charge in [-0.25, -0.2) is 0 Å². The summed E-state index contributed by atoms with van der Waals surface area (Å²) >= 11 is 0. The number of aliphatic hydroxyl groups excluding tert-OH is 1. The van der Waals surface area contributed by atoms with E-state index < -0.39 is 15.1 Å². The molecule has 2 heterocycles. The molecule has 2 aliphatic heterocycles. The maximum absolute atomic E-state index is 8.99. The van der Waals surface area contributed by atoms with E-state index in [4.69, 9.17) is 18.4 Å². The highest BCUT2D eigenvalue weighted by atomic mass is 28.4. The van der Waals surface area contributed by atoms with Gasteiger partial charge in [-0.2, -0.15) is 0 Å². The Labute approximate surface area is 53.7 Å². The molecule has 52 valence electrons. The van der Waals surface area contributed by atoms with E-state index in [1.807, 2.05) is 0 Å². The Balaban J connectivity index is 2.19. The van der Waals surface area contributed by atoms with Crippen LogP contribution in [0.15, 0.2) is 0 Å². The monoisotopic (exact) mass is 148 g/mol. The third-order valence-electron chi connectivity index (χ3n) is 1.53. The molecule has 2 rings (SSSR count). The molecule has 2 saturated heterocycles. The lowest BCUT2D eigenvalue weighted by molar-refractivity contribution is -0.0739. The summed E-state index contributed by atoms with van der Waals surface area (Å²) in [5.41, 5.74) is 0. The molecular formula is C4H8O4Si. The van der Waals surface area contributed by atoms with Crippen LogP contribution in [0.25, 0.3) is 0 Å². The normalized spacial score (nSPS) is 56.7. The minimum absolute atomic E-state index is 0.221. The summed E-state index contributed by atoms with van der Waals surface area (Å²) in [6, 6.07) is 0. The molecule has 0 aromatic carbocycles. The van der Waals surface area contributed by atoms with Crippen LogP contribution in [0.3, 0.4) is 0 Å². The Morgan fingerprint density at radius 1 is 1.56 bits per heavy atom. The molecule has 0 radical (unpaired) electrons. The summed E-state index contributed by atoms with van der Waals surface area (Å²) in [7, 11) is -2.30. The van der Waals surface area contributed by atoms with Crippen molar-refractivity contribution in [2.24, 2.45) is 0 Å². The minimum atomic E-state index is -2.30. The molecule has 2 fully saturated rings. The van der Waals surface area contributed by atoms with Crippen molar-refractivity contribution in [3.63, 3.8) is 0 Å². The molecule has 3 unspecified atom stereocenters. The molecule has 5 heteroatoms. The first-order valence-corrected chi connectivity index (χ1v) is 5.10. The van der Waals surface area contributed by atoms with Crippen molar-refractivity contribution in [1.82, 2.24) is 0 Å². The first-order chi connectivity index (χ1) is 4.20. The van der Waals surface area contributed by atoms with Gasteiger partial charge in [-0.05, 0) is 0 Å². The zero-order valence-corrected chi connectivity index (χ0v) is 6.03. The largest absolute Gasteiger partial charge is 0.500 e. The first kappa shape index (κ1) is 5.81. The molecule has 3 atom stereocenters. The SMILES string of the molecule is C[Si]12OCC(O1)C(O)O2. The van der Waals surface area contributed by atoms with Gasteiger partial charge in [0.2, 0.25) is 0 Å². The molecular weight excluding hydrogens is 140 g/mol. The van der Waals surface area contributed by atoms with Crippen molar-refractivity contribution in [1.29, 1.82) is 0 Å². The molecule has 2 bridgehead atoms. The van der Waals surface area contributed by atoms with Crippen molar-refractivity contribution in [2.75, 3.05) is 6.61 Å². The summed E-state index contributed by atoms with van der Waals surface area (Å²) in [6.45, 7) is 2.27. The van der Waals surface area contributed by atoms with E-state index in [9.17, 15) is 0 Å². The van der Waals surface area contributed by atoms with Crippen LogP contribution in [0.2, 0.25) is 6.55 Å². The molecule has 0 amide bonds. The van der Waals surface area contributed by atoms with Gasteiger partial charge in [-0.1, -0.05) is 0 Å². The van der Waals surface area contributed by atoms with E-state index in [0.717, 1.165) is 0 Å². The highest BCUT2D eigenvalue weighted by molar-refractivity contribution is 6.60. The zero-order chi connectivity index (χ0) is 6.48. The van der Waals surface area contributed by atoms with Gasteiger partial charge in [0, 0.05) is 6.55 Å². The average molecular weight is 148 g/mol. The number of fused-ring (bicyclic) bond motifs is 2. The summed E-state index contributed by atoms with van der Waals surface area (Å²) < 4.78 is 15.4. The predicted octanol–water partition coefficient (Wildman–Crippen LogP) is -0.681. The summed E-state index contributed by atoms with van der Waals surface area (Å²) in [4.78, 5) is 0. The second-order valence-electron chi connectivity index (χ2n) is 2.34. The van der Waals surface area contributed by atoms with E-state index >= 15 is 0 Å². The third-order valence-corrected chi connectivity index (χ3v) is 3.62. The molecule has 0 aromatic rings. The fourth-order valence-corrected chi connectivity index (χ4v) is 3.06. The van der Waals surface area contributed by atoms with Crippen LogP contribution >= 0.6 is 0 Å². The highest BCUT2D eigenvalue weighted by Gasteiger charge is 2.55. The first-order valence-electron chi connectivity index (χ1n) is 2.87. The number of rotatable bonds is 0. The zero-order valence-electron chi connectivity index (χ0n) is 5.03. The molecule has 1 N–H and O–H groups in total. The van der Waals surface area contributed by atoms with Crippen LogP contribution in [0, 0.1) is 0 Å². The van der Waals surface area contributed by atoms with Crippen molar-refractivity contribution < 1.29 is 18.4 Å². The second kappa shape index (κ2) is 1.56. The van der Waals surface area contributed by atoms with E-state index in [1.165, 1.54) is 0 Å². The molecule has 4 nitrogen and oxygen atoms in total. The van der Waals surface area contributed by atoms with Crippen LogP contribution in [0.4, 0.5) is 0 Å². The fourth-order valence-electron chi connectivity index (χ4n) is 1.07. The van der Waals surface area contributed by atoms with Gasteiger partial charge in [0.1, 0.15) is 6.10 Å². The van der Waals surface area contributed by atoms with Gasteiger partial charge in [0.05, 0.1) is 6.61 Å². The lowest BCUT2D eigenvalue weighted by atomic mass is 10.4. The Bertz CT molecular complexity index is 137. The van der Waals surface area contributed by atoms with Gasteiger partial charge < -0.3 is 18.4 Å². The molecule has 0 aromatic heterocycles. The quantitative estimate of drug-likeness (QED) is 0.462. The predicted molar refractivity (Wildman–Crippen MR) is 29.5 cm³/mol. The smallest absolute Gasteiger partial charge is 0.371 e. The van der Waals surface area contributed by atoms with Crippen LogP contribution < -0.4 is 0 Å². The van der Waals surface area contributed by atoms with E-state index in [1.54, 1.807) is 6.55 Å². The van der Waals surface area contributed by atoms with Gasteiger partial charge in [-0.3, -0.25) is 0 Å². The van der Waals surface area contributed by atoms with Crippen LogP contribution in [-0.4, -0.2) is 32.9 Å². The number of hydrogen-bond acceptors (Lipinski definition) is 4. The number of aliphatic hydroxyl groups is 1. The van der Waals surface area contributed by atoms with E-state index in [2.05, 4.69) is 0 Å². The van der Waals surface area contributed by atoms with Crippen molar-refractivity contribution in [3.05, 3.63) is 0 Å². The molecule has 0 spiro atoms. The van der Waals surface area contributed by atoms with Crippen molar-refractivity contribution in [2.45, 2.75) is 18.9 Å². The average Bonchev–Trinajstić information content (AvgIpc) is 2.20. The Morgan fingerprint density at radius 3 is 2.56 bits per heavy atom. The van der Waals surface area contributed by atoms with Gasteiger partial charge >= 0.3 is 8.80 Å². The topological polar surface area (TPSA) is 47.9 Å². The van der Waals surface area contributed by atoms with Crippen LogP contribution in [0.1, 0.15) is 0 Å². The van der Waals surface area contributed by atoms with Crippen LogP contribution in [0.5, 0.6) is 0 Å². The second-order valence-corrected chi connectivity index (χ2v) is 4.82. The summed E-state index contributed by atoms with van der Waals surface area (Å²) in [5.74, 6) is 0. The minimum Gasteiger partial charge on any atom is -0.371 e. The molecule has 2 aliphatic rings.